The minimum atomic E-state index is 0.0822. The van der Waals surface area contributed by atoms with E-state index in [9.17, 15) is 4.79 Å². The van der Waals surface area contributed by atoms with Crippen molar-refractivity contribution in [3.8, 4) is 0 Å². The standard InChI is InChI=1S/C11H22N2O/c1-8(2)7-13(3)11(14)9-5-4-6-10(9)12/h8-10H,4-7,12H2,1-3H3. The molecule has 82 valence electrons. The smallest absolute Gasteiger partial charge is 0.226 e. The van der Waals surface area contributed by atoms with Crippen LogP contribution in [0.25, 0.3) is 0 Å². The summed E-state index contributed by atoms with van der Waals surface area (Å²) in [5, 5.41) is 0. The molecule has 2 atom stereocenters. The number of nitrogens with zero attached hydrogens (tertiary/aromatic N) is 1. The summed E-state index contributed by atoms with van der Waals surface area (Å²) in [6.45, 7) is 5.08. The van der Waals surface area contributed by atoms with E-state index >= 15 is 0 Å². The molecular weight excluding hydrogens is 176 g/mol. The molecule has 14 heavy (non-hydrogen) atoms. The van der Waals surface area contributed by atoms with Crippen LogP contribution in [0.2, 0.25) is 0 Å². The first kappa shape index (κ1) is 11.5. The van der Waals surface area contributed by atoms with Gasteiger partial charge in [-0.3, -0.25) is 4.79 Å². The molecule has 0 radical (unpaired) electrons. The molecule has 0 heterocycles. The quantitative estimate of drug-likeness (QED) is 0.741. The number of amides is 1. The molecule has 1 amide bonds. The normalized spacial score (nSPS) is 26.9. The molecule has 2 unspecified atom stereocenters. The predicted octanol–water partition coefficient (Wildman–Crippen LogP) is 1.23. The molecule has 0 spiro atoms. The van der Waals surface area contributed by atoms with Gasteiger partial charge in [-0.2, -0.15) is 0 Å². The molecule has 1 rings (SSSR count). The lowest BCUT2D eigenvalue weighted by atomic mass is 10.0. The second-order valence-corrected chi connectivity index (χ2v) is 4.81. The highest BCUT2D eigenvalue weighted by atomic mass is 16.2. The Morgan fingerprint density at radius 1 is 1.50 bits per heavy atom. The molecule has 3 nitrogen and oxygen atoms in total. The summed E-state index contributed by atoms with van der Waals surface area (Å²) in [4.78, 5) is 13.8. The zero-order valence-corrected chi connectivity index (χ0v) is 9.49. The Hall–Kier alpha value is -0.570. The molecule has 1 saturated carbocycles. The van der Waals surface area contributed by atoms with Crippen molar-refractivity contribution < 1.29 is 4.79 Å². The summed E-state index contributed by atoms with van der Waals surface area (Å²) in [7, 11) is 1.88. The van der Waals surface area contributed by atoms with Crippen LogP contribution in [0.3, 0.4) is 0 Å². The van der Waals surface area contributed by atoms with Crippen LogP contribution in [0.1, 0.15) is 33.1 Å². The van der Waals surface area contributed by atoms with Crippen LogP contribution >= 0.6 is 0 Å². The average molecular weight is 198 g/mol. The summed E-state index contributed by atoms with van der Waals surface area (Å²) < 4.78 is 0. The lowest BCUT2D eigenvalue weighted by Gasteiger charge is -2.24. The Labute approximate surface area is 86.6 Å². The number of rotatable bonds is 3. The van der Waals surface area contributed by atoms with Crippen LogP contribution in [-0.2, 0) is 4.79 Å². The first-order valence-electron chi connectivity index (χ1n) is 5.53. The van der Waals surface area contributed by atoms with Crippen LogP contribution in [0.5, 0.6) is 0 Å². The number of carbonyl (C=O) groups excluding carboxylic acids is 1. The monoisotopic (exact) mass is 198 g/mol. The van der Waals surface area contributed by atoms with E-state index in [1.54, 1.807) is 0 Å². The molecule has 0 bridgehead atoms. The minimum Gasteiger partial charge on any atom is -0.345 e. The molecule has 0 aromatic rings. The van der Waals surface area contributed by atoms with Gasteiger partial charge in [-0.15, -0.1) is 0 Å². The van der Waals surface area contributed by atoms with Gasteiger partial charge in [0.05, 0.1) is 5.92 Å². The van der Waals surface area contributed by atoms with E-state index < -0.39 is 0 Å². The molecule has 3 heteroatoms. The minimum absolute atomic E-state index is 0.0822. The molecule has 0 aromatic carbocycles. The second-order valence-electron chi connectivity index (χ2n) is 4.81. The lowest BCUT2D eigenvalue weighted by molar-refractivity contribution is -0.134. The Balaban J connectivity index is 2.47. The third-order valence-corrected chi connectivity index (χ3v) is 2.90. The maximum Gasteiger partial charge on any atom is 0.226 e. The van der Waals surface area contributed by atoms with Crippen LogP contribution in [0.4, 0.5) is 0 Å². The third-order valence-electron chi connectivity index (χ3n) is 2.90. The Morgan fingerprint density at radius 3 is 2.57 bits per heavy atom. The summed E-state index contributed by atoms with van der Waals surface area (Å²) in [6.07, 6.45) is 3.08. The topological polar surface area (TPSA) is 46.3 Å². The molecule has 1 aliphatic rings. The zero-order valence-electron chi connectivity index (χ0n) is 9.49. The first-order chi connectivity index (χ1) is 6.52. The van der Waals surface area contributed by atoms with Crippen molar-refractivity contribution in [2.45, 2.75) is 39.2 Å². The molecule has 1 fully saturated rings. The highest BCUT2D eigenvalue weighted by molar-refractivity contribution is 5.79. The van der Waals surface area contributed by atoms with Crippen molar-refractivity contribution in [3.63, 3.8) is 0 Å². The maximum atomic E-state index is 11.9. The fourth-order valence-corrected chi connectivity index (χ4v) is 2.22. The maximum absolute atomic E-state index is 11.9. The van der Waals surface area contributed by atoms with Crippen molar-refractivity contribution in [2.75, 3.05) is 13.6 Å². The fourth-order valence-electron chi connectivity index (χ4n) is 2.22. The van der Waals surface area contributed by atoms with Crippen LogP contribution in [-0.4, -0.2) is 30.4 Å². The van der Waals surface area contributed by atoms with Crippen LogP contribution in [0, 0.1) is 11.8 Å². The molecule has 2 N–H and O–H groups in total. The van der Waals surface area contributed by atoms with Gasteiger partial charge in [-0.05, 0) is 18.8 Å². The number of hydrogen-bond acceptors (Lipinski definition) is 2. The Bertz CT molecular complexity index is 203. The van der Waals surface area contributed by atoms with Crippen molar-refractivity contribution in [1.29, 1.82) is 0 Å². The molecule has 0 saturated heterocycles. The van der Waals surface area contributed by atoms with Crippen molar-refractivity contribution in [2.24, 2.45) is 17.6 Å². The van der Waals surface area contributed by atoms with Gasteiger partial charge in [-0.25, -0.2) is 0 Å². The van der Waals surface area contributed by atoms with Crippen LogP contribution in [0.15, 0.2) is 0 Å². The summed E-state index contributed by atoms with van der Waals surface area (Å²) in [5.74, 6) is 0.851. The van der Waals surface area contributed by atoms with Gasteiger partial charge in [0.25, 0.3) is 0 Å². The zero-order chi connectivity index (χ0) is 10.7. The van der Waals surface area contributed by atoms with Gasteiger partial charge < -0.3 is 10.6 Å². The summed E-state index contributed by atoms with van der Waals surface area (Å²) in [5.41, 5.74) is 5.90. The molecule has 0 aliphatic heterocycles. The van der Waals surface area contributed by atoms with E-state index in [-0.39, 0.29) is 17.9 Å². The Morgan fingerprint density at radius 2 is 2.14 bits per heavy atom. The van der Waals surface area contributed by atoms with E-state index in [4.69, 9.17) is 5.73 Å². The van der Waals surface area contributed by atoms with Gasteiger partial charge >= 0.3 is 0 Å². The fraction of sp³-hybridized carbons (Fsp3) is 0.909. The summed E-state index contributed by atoms with van der Waals surface area (Å²) >= 11 is 0. The van der Waals surface area contributed by atoms with Gasteiger partial charge in [0.15, 0.2) is 0 Å². The van der Waals surface area contributed by atoms with E-state index in [1.165, 1.54) is 0 Å². The first-order valence-corrected chi connectivity index (χ1v) is 5.53. The van der Waals surface area contributed by atoms with E-state index in [0.29, 0.717) is 5.92 Å². The highest BCUT2D eigenvalue weighted by Crippen LogP contribution is 2.25. The predicted molar refractivity (Wildman–Crippen MR) is 57.8 cm³/mol. The van der Waals surface area contributed by atoms with Crippen molar-refractivity contribution in [3.05, 3.63) is 0 Å². The van der Waals surface area contributed by atoms with Crippen molar-refractivity contribution >= 4 is 5.91 Å². The van der Waals surface area contributed by atoms with Gasteiger partial charge in [-0.1, -0.05) is 20.3 Å². The summed E-state index contributed by atoms with van der Waals surface area (Å²) in [6, 6.07) is 0.0945. The van der Waals surface area contributed by atoms with E-state index in [2.05, 4.69) is 13.8 Å². The largest absolute Gasteiger partial charge is 0.345 e. The number of carbonyl (C=O) groups is 1. The Kier molecular flexibility index (Phi) is 3.93. The van der Waals surface area contributed by atoms with Gasteiger partial charge in [0, 0.05) is 19.6 Å². The van der Waals surface area contributed by atoms with E-state index in [1.807, 2.05) is 11.9 Å². The molecular formula is C11H22N2O. The molecule has 1 aliphatic carbocycles. The van der Waals surface area contributed by atoms with Crippen molar-refractivity contribution in [1.82, 2.24) is 4.90 Å². The molecule has 0 aromatic heterocycles. The second kappa shape index (κ2) is 4.78. The highest BCUT2D eigenvalue weighted by Gasteiger charge is 2.32. The van der Waals surface area contributed by atoms with E-state index in [0.717, 1.165) is 25.8 Å². The third kappa shape index (κ3) is 2.71. The average Bonchev–Trinajstić information content (AvgIpc) is 2.48. The van der Waals surface area contributed by atoms with Crippen LogP contribution < -0.4 is 5.73 Å². The number of nitrogens with two attached hydrogens (primary N) is 1. The van der Waals surface area contributed by atoms with Gasteiger partial charge in [0.2, 0.25) is 5.91 Å². The lowest BCUT2D eigenvalue weighted by Crippen LogP contribution is -2.41. The number of hydrogen-bond donors (Lipinski definition) is 1. The van der Waals surface area contributed by atoms with Gasteiger partial charge in [0.1, 0.15) is 0 Å². The SMILES string of the molecule is CC(C)CN(C)C(=O)C1CCCC1N.